The summed E-state index contributed by atoms with van der Waals surface area (Å²) in [5, 5.41) is 16.1. The number of nitrogens with one attached hydrogen (secondary N) is 2. The van der Waals surface area contributed by atoms with Crippen LogP contribution < -0.4 is 10.6 Å². The lowest BCUT2D eigenvalue weighted by Gasteiger charge is -2.21. The predicted molar refractivity (Wildman–Crippen MR) is 121 cm³/mol. The maximum Gasteiger partial charge on any atom is 0.192 e. The molecule has 0 saturated heterocycles. The highest BCUT2D eigenvalue weighted by Gasteiger charge is 2.18. The van der Waals surface area contributed by atoms with Crippen molar-refractivity contribution in [3.8, 4) is 0 Å². The van der Waals surface area contributed by atoms with Gasteiger partial charge in [0.2, 0.25) is 0 Å². The van der Waals surface area contributed by atoms with Crippen molar-refractivity contribution >= 4 is 41.5 Å². The van der Waals surface area contributed by atoms with Crippen LogP contribution in [0.4, 0.5) is 0 Å². The van der Waals surface area contributed by atoms with Gasteiger partial charge in [-0.3, -0.25) is 0 Å². The zero-order chi connectivity index (χ0) is 18.5. The van der Waals surface area contributed by atoms with Crippen LogP contribution in [-0.2, 0) is 13.6 Å². The van der Waals surface area contributed by atoms with Gasteiger partial charge in [0.05, 0.1) is 6.04 Å². The molecule has 1 aromatic heterocycles. The molecule has 1 heterocycles. The first-order chi connectivity index (χ1) is 12.5. The molecule has 148 valence electrons. The molecule has 6 nitrogen and oxygen atoms in total. The number of rotatable bonds is 5. The molecule has 0 amide bonds. The van der Waals surface area contributed by atoms with Gasteiger partial charge >= 0.3 is 0 Å². The van der Waals surface area contributed by atoms with E-state index in [1.54, 1.807) is 0 Å². The maximum absolute atomic E-state index is 6.00. The standard InChI is InChI=1S/C19H27ClN6.HI/c1-13(15-8-10-16(20)11-9-15)22-19(23-17-6-4-5-7-17)21-12-18-25-24-14(2)26(18)3;/h8-11,13,17H,4-7,12H2,1-3H3,(H2,21,22,23);1H. The molecule has 0 bridgehead atoms. The fourth-order valence-corrected chi connectivity index (χ4v) is 3.30. The van der Waals surface area contributed by atoms with Crippen molar-refractivity contribution in [1.29, 1.82) is 0 Å². The van der Waals surface area contributed by atoms with Gasteiger partial charge in [0.15, 0.2) is 11.8 Å². The molecule has 0 spiro atoms. The van der Waals surface area contributed by atoms with Gasteiger partial charge in [0, 0.05) is 18.1 Å². The van der Waals surface area contributed by atoms with E-state index in [9.17, 15) is 0 Å². The van der Waals surface area contributed by atoms with E-state index in [4.69, 9.17) is 16.6 Å². The third-order valence-electron chi connectivity index (χ3n) is 4.98. The number of guanidine groups is 1. The van der Waals surface area contributed by atoms with E-state index < -0.39 is 0 Å². The molecule has 0 radical (unpaired) electrons. The van der Waals surface area contributed by atoms with Gasteiger partial charge in [0.25, 0.3) is 0 Å². The van der Waals surface area contributed by atoms with Crippen molar-refractivity contribution < 1.29 is 0 Å². The normalized spacial score (nSPS) is 16.1. The summed E-state index contributed by atoms with van der Waals surface area (Å²) < 4.78 is 1.97. The topological polar surface area (TPSA) is 67.1 Å². The van der Waals surface area contributed by atoms with Crippen molar-refractivity contribution in [1.82, 2.24) is 25.4 Å². The minimum atomic E-state index is 0. The average molecular weight is 503 g/mol. The SMILES string of the molecule is Cc1nnc(CN=C(NC2CCCC2)NC(C)c2ccc(Cl)cc2)n1C.I. The molecular formula is C19H28ClIN6. The Morgan fingerprint density at radius 3 is 2.52 bits per heavy atom. The fourth-order valence-electron chi connectivity index (χ4n) is 3.17. The molecule has 1 aliphatic rings. The summed E-state index contributed by atoms with van der Waals surface area (Å²) in [7, 11) is 1.97. The van der Waals surface area contributed by atoms with Crippen LogP contribution in [0.5, 0.6) is 0 Å². The highest BCUT2D eigenvalue weighted by molar-refractivity contribution is 14.0. The summed E-state index contributed by atoms with van der Waals surface area (Å²) in [6.45, 7) is 4.56. The first kappa shape index (κ1) is 21.9. The molecule has 8 heteroatoms. The third-order valence-corrected chi connectivity index (χ3v) is 5.23. The zero-order valence-electron chi connectivity index (χ0n) is 16.1. The predicted octanol–water partition coefficient (Wildman–Crippen LogP) is 4.13. The van der Waals surface area contributed by atoms with Crippen molar-refractivity contribution in [2.45, 2.75) is 58.2 Å². The number of aryl methyl sites for hydroxylation is 1. The third kappa shape index (κ3) is 6.07. The Hall–Kier alpha value is -1.35. The summed E-state index contributed by atoms with van der Waals surface area (Å²) in [6.07, 6.45) is 4.94. The summed E-state index contributed by atoms with van der Waals surface area (Å²) >= 11 is 6.00. The summed E-state index contributed by atoms with van der Waals surface area (Å²) in [5.74, 6) is 2.57. The molecule has 1 aromatic carbocycles. The lowest BCUT2D eigenvalue weighted by atomic mass is 10.1. The van der Waals surface area contributed by atoms with E-state index in [2.05, 4.69) is 27.8 Å². The fraction of sp³-hybridized carbons (Fsp3) is 0.526. The molecule has 2 N–H and O–H groups in total. The molecular weight excluding hydrogens is 475 g/mol. The molecule has 0 aliphatic heterocycles. The number of nitrogens with zero attached hydrogens (tertiary/aromatic N) is 4. The van der Waals surface area contributed by atoms with Gasteiger partial charge in [0.1, 0.15) is 12.4 Å². The van der Waals surface area contributed by atoms with Gasteiger partial charge in [-0.2, -0.15) is 0 Å². The van der Waals surface area contributed by atoms with E-state index in [0.717, 1.165) is 22.6 Å². The Kier molecular flexibility index (Phi) is 8.34. The Balaban J connectivity index is 0.00000261. The number of halogens is 2. The van der Waals surface area contributed by atoms with Crippen LogP contribution in [0, 0.1) is 6.92 Å². The lowest BCUT2D eigenvalue weighted by molar-refractivity contribution is 0.592. The van der Waals surface area contributed by atoms with Crippen molar-refractivity contribution in [3.05, 3.63) is 46.5 Å². The Morgan fingerprint density at radius 2 is 1.93 bits per heavy atom. The molecule has 1 aliphatic carbocycles. The zero-order valence-corrected chi connectivity index (χ0v) is 19.2. The summed E-state index contributed by atoms with van der Waals surface area (Å²) in [5.41, 5.74) is 1.17. The Labute approximate surface area is 183 Å². The number of benzene rings is 1. The molecule has 1 fully saturated rings. The van der Waals surface area contributed by atoms with Crippen LogP contribution >= 0.6 is 35.6 Å². The minimum Gasteiger partial charge on any atom is -0.354 e. The molecule has 1 atom stereocenters. The second-order valence-corrected chi connectivity index (χ2v) is 7.37. The van der Waals surface area contributed by atoms with Crippen LogP contribution in [0.15, 0.2) is 29.3 Å². The van der Waals surface area contributed by atoms with Crippen molar-refractivity contribution in [2.24, 2.45) is 12.0 Å². The first-order valence-corrected chi connectivity index (χ1v) is 9.58. The Bertz CT molecular complexity index is 752. The van der Waals surface area contributed by atoms with Crippen LogP contribution in [-0.4, -0.2) is 26.8 Å². The van der Waals surface area contributed by atoms with Crippen molar-refractivity contribution in [3.63, 3.8) is 0 Å². The van der Waals surface area contributed by atoms with Gasteiger partial charge < -0.3 is 15.2 Å². The summed E-state index contributed by atoms with van der Waals surface area (Å²) in [4.78, 5) is 4.76. The number of aromatic nitrogens is 3. The number of hydrogen-bond donors (Lipinski definition) is 2. The van der Waals surface area contributed by atoms with Gasteiger partial charge in [-0.05, 0) is 44.4 Å². The second kappa shape index (κ2) is 10.3. The highest BCUT2D eigenvalue weighted by atomic mass is 127. The molecule has 27 heavy (non-hydrogen) atoms. The number of hydrogen-bond acceptors (Lipinski definition) is 3. The van der Waals surface area contributed by atoms with Crippen LogP contribution in [0.2, 0.25) is 5.02 Å². The van der Waals surface area contributed by atoms with E-state index in [1.165, 1.54) is 31.2 Å². The summed E-state index contributed by atoms with van der Waals surface area (Å²) in [6, 6.07) is 8.52. The van der Waals surface area contributed by atoms with Crippen LogP contribution in [0.1, 0.15) is 55.9 Å². The molecule has 2 aromatic rings. The van der Waals surface area contributed by atoms with E-state index >= 15 is 0 Å². The number of aliphatic imine (C=N–C) groups is 1. The van der Waals surface area contributed by atoms with Gasteiger partial charge in [-0.1, -0.05) is 36.6 Å². The van der Waals surface area contributed by atoms with Crippen LogP contribution in [0.25, 0.3) is 0 Å². The average Bonchev–Trinajstić information content (AvgIpc) is 3.24. The largest absolute Gasteiger partial charge is 0.354 e. The molecule has 1 unspecified atom stereocenters. The van der Waals surface area contributed by atoms with Crippen LogP contribution in [0.3, 0.4) is 0 Å². The van der Waals surface area contributed by atoms with E-state index in [1.807, 2.05) is 42.8 Å². The van der Waals surface area contributed by atoms with Gasteiger partial charge in [-0.15, -0.1) is 34.2 Å². The molecule has 3 rings (SSSR count). The smallest absolute Gasteiger partial charge is 0.192 e. The maximum atomic E-state index is 6.00. The lowest BCUT2D eigenvalue weighted by Crippen LogP contribution is -2.43. The van der Waals surface area contributed by atoms with Gasteiger partial charge in [-0.25, -0.2) is 4.99 Å². The minimum absolute atomic E-state index is 0. The van der Waals surface area contributed by atoms with Crippen molar-refractivity contribution in [2.75, 3.05) is 0 Å². The second-order valence-electron chi connectivity index (χ2n) is 6.93. The first-order valence-electron chi connectivity index (χ1n) is 9.21. The van der Waals surface area contributed by atoms with E-state index in [-0.39, 0.29) is 30.0 Å². The monoisotopic (exact) mass is 502 g/mol. The molecule has 1 saturated carbocycles. The Morgan fingerprint density at radius 1 is 1.26 bits per heavy atom. The highest BCUT2D eigenvalue weighted by Crippen LogP contribution is 2.19. The quantitative estimate of drug-likeness (QED) is 0.366. The van der Waals surface area contributed by atoms with E-state index in [0.29, 0.717) is 12.6 Å².